The number of carbonyl (C=O) groups is 1. The van der Waals surface area contributed by atoms with Gasteiger partial charge in [0.05, 0.1) is 30.3 Å². The average molecular weight is 492 g/mol. The maximum Gasteiger partial charge on any atom is 0.266 e. The number of rotatable bonds is 9. The molecule has 2 aromatic rings. The van der Waals surface area contributed by atoms with Gasteiger partial charge < -0.3 is 14.2 Å². The van der Waals surface area contributed by atoms with Gasteiger partial charge in [0.1, 0.15) is 10.1 Å². The van der Waals surface area contributed by atoms with Crippen molar-refractivity contribution in [1.29, 1.82) is 0 Å². The van der Waals surface area contributed by atoms with Crippen molar-refractivity contribution in [2.24, 2.45) is 0 Å². The standard InChI is InChI=1S/C24H26ClNO4S2/c1-5-26-23(27)21(32-24(26)31)14-17-12-19(25)22(20(13-17)28-4)30-10-6-9-29-18-8-7-15(2)16(3)11-18/h7-8,11-14H,5-6,9-10H2,1-4H3. The minimum atomic E-state index is -0.0957. The van der Waals surface area contributed by atoms with Gasteiger partial charge >= 0.3 is 0 Å². The van der Waals surface area contributed by atoms with Crippen LogP contribution < -0.4 is 14.2 Å². The van der Waals surface area contributed by atoms with Crippen molar-refractivity contribution in [2.45, 2.75) is 27.2 Å². The van der Waals surface area contributed by atoms with Gasteiger partial charge in [-0.25, -0.2) is 0 Å². The molecule has 0 radical (unpaired) electrons. The summed E-state index contributed by atoms with van der Waals surface area (Å²) in [5.74, 6) is 1.73. The molecule has 1 amide bonds. The predicted molar refractivity (Wildman–Crippen MR) is 135 cm³/mol. The number of thiocarbonyl (C=S) groups is 1. The number of nitrogens with zero attached hydrogens (tertiary/aromatic N) is 1. The second kappa shape index (κ2) is 11.1. The zero-order valence-corrected chi connectivity index (χ0v) is 21.0. The van der Waals surface area contributed by atoms with Crippen molar-refractivity contribution in [3.8, 4) is 17.2 Å². The van der Waals surface area contributed by atoms with Gasteiger partial charge in [0.25, 0.3) is 5.91 Å². The van der Waals surface area contributed by atoms with Crippen molar-refractivity contribution in [3.63, 3.8) is 0 Å². The van der Waals surface area contributed by atoms with E-state index in [1.165, 1.54) is 22.9 Å². The summed E-state index contributed by atoms with van der Waals surface area (Å²) in [6.45, 7) is 7.54. The molecule has 1 fully saturated rings. The molecule has 1 aliphatic heterocycles. The van der Waals surface area contributed by atoms with E-state index in [1.54, 1.807) is 30.2 Å². The van der Waals surface area contributed by atoms with Crippen LogP contribution >= 0.6 is 35.6 Å². The summed E-state index contributed by atoms with van der Waals surface area (Å²) in [7, 11) is 1.56. The average Bonchev–Trinajstić information content (AvgIpc) is 3.03. The van der Waals surface area contributed by atoms with Gasteiger partial charge in [-0.15, -0.1) is 0 Å². The molecule has 1 saturated heterocycles. The highest BCUT2D eigenvalue weighted by Crippen LogP contribution is 2.39. The van der Waals surface area contributed by atoms with E-state index in [0.29, 0.717) is 51.9 Å². The Labute approximate surface area is 203 Å². The Kier molecular flexibility index (Phi) is 8.45. The van der Waals surface area contributed by atoms with Crippen LogP contribution in [0, 0.1) is 13.8 Å². The molecule has 0 unspecified atom stereocenters. The van der Waals surface area contributed by atoms with Gasteiger partial charge in [0.2, 0.25) is 0 Å². The van der Waals surface area contributed by atoms with Gasteiger partial charge in [0, 0.05) is 13.0 Å². The lowest BCUT2D eigenvalue weighted by atomic mass is 10.1. The summed E-state index contributed by atoms with van der Waals surface area (Å²) < 4.78 is 17.7. The Morgan fingerprint density at radius 3 is 2.53 bits per heavy atom. The lowest BCUT2D eigenvalue weighted by Crippen LogP contribution is -2.27. The number of likely N-dealkylation sites (N-methyl/N-ethyl adjacent to an activating group) is 1. The Morgan fingerprint density at radius 1 is 1.12 bits per heavy atom. The maximum absolute atomic E-state index is 12.4. The molecule has 0 atom stereocenters. The summed E-state index contributed by atoms with van der Waals surface area (Å²) >= 11 is 13.0. The number of ether oxygens (including phenoxy) is 3. The van der Waals surface area contributed by atoms with E-state index in [9.17, 15) is 4.79 Å². The van der Waals surface area contributed by atoms with Crippen LogP contribution in [-0.4, -0.2) is 42.0 Å². The summed E-state index contributed by atoms with van der Waals surface area (Å²) in [6, 6.07) is 9.60. The molecule has 0 spiro atoms. The van der Waals surface area contributed by atoms with Crippen molar-refractivity contribution in [3.05, 3.63) is 56.9 Å². The second-order valence-corrected chi connectivity index (χ2v) is 9.34. The van der Waals surface area contributed by atoms with E-state index in [0.717, 1.165) is 11.3 Å². The quantitative estimate of drug-likeness (QED) is 0.242. The summed E-state index contributed by atoms with van der Waals surface area (Å²) in [4.78, 5) is 14.6. The number of carbonyl (C=O) groups excluding carboxylic acids is 1. The third-order valence-electron chi connectivity index (χ3n) is 5.02. The third kappa shape index (κ3) is 5.77. The first-order valence-electron chi connectivity index (χ1n) is 10.3. The zero-order chi connectivity index (χ0) is 23.3. The van der Waals surface area contributed by atoms with E-state index in [1.807, 2.05) is 25.1 Å². The van der Waals surface area contributed by atoms with Crippen LogP contribution in [0.4, 0.5) is 0 Å². The molecule has 5 nitrogen and oxygen atoms in total. The SMILES string of the molecule is CCN1C(=O)C(=Cc2cc(Cl)c(OCCCOc3ccc(C)c(C)c3)c(OC)c2)SC1=S. The van der Waals surface area contributed by atoms with E-state index >= 15 is 0 Å². The van der Waals surface area contributed by atoms with Gasteiger partial charge in [0.15, 0.2) is 11.5 Å². The molecule has 0 bridgehead atoms. The number of thioether (sulfide) groups is 1. The highest BCUT2D eigenvalue weighted by molar-refractivity contribution is 8.26. The Morgan fingerprint density at radius 2 is 1.88 bits per heavy atom. The van der Waals surface area contributed by atoms with Crippen LogP contribution in [0.25, 0.3) is 6.08 Å². The van der Waals surface area contributed by atoms with Crippen LogP contribution in [0.1, 0.15) is 30.0 Å². The summed E-state index contributed by atoms with van der Waals surface area (Å²) in [5, 5.41) is 0.414. The van der Waals surface area contributed by atoms with Gasteiger partial charge in [-0.05, 0) is 67.8 Å². The molecule has 0 saturated carbocycles. The van der Waals surface area contributed by atoms with Crippen molar-refractivity contribution in [2.75, 3.05) is 26.9 Å². The largest absolute Gasteiger partial charge is 0.493 e. The number of amides is 1. The molecule has 32 heavy (non-hydrogen) atoms. The number of halogens is 1. The van der Waals surface area contributed by atoms with Crippen LogP contribution in [0.2, 0.25) is 5.02 Å². The summed E-state index contributed by atoms with van der Waals surface area (Å²) in [5.41, 5.74) is 3.18. The van der Waals surface area contributed by atoms with E-state index in [-0.39, 0.29) is 5.91 Å². The first-order valence-corrected chi connectivity index (χ1v) is 11.9. The number of hydrogen-bond donors (Lipinski definition) is 0. The molecular weight excluding hydrogens is 466 g/mol. The van der Waals surface area contributed by atoms with Crippen LogP contribution in [0.3, 0.4) is 0 Å². The number of hydrogen-bond acceptors (Lipinski definition) is 6. The monoisotopic (exact) mass is 491 g/mol. The minimum Gasteiger partial charge on any atom is -0.493 e. The minimum absolute atomic E-state index is 0.0957. The molecule has 3 rings (SSSR count). The lowest BCUT2D eigenvalue weighted by molar-refractivity contribution is -0.121. The van der Waals surface area contributed by atoms with E-state index in [2.05, 4.69) is 13.8 Å². The Balaban J connectivity index is 1.61. The topological polar surface area (TPSA) is 48.0 Å². The first kappa shape index (κ1) is 24.4. The number of benzene rings is 2. The molecule has 1 heterocycles. The van der Waals surface area contributed by atoms with Gasteiger partial charge in [-0.2, -0.15) is 0 Å². The normalized spacial score (nSPS) is 14.9. The van der Waals surface area contributed by atoms with Crippen LogP contribution in [0.15, 0.2) is 35.2 Å². The molecule has 0 aliphatic carbocycles. The van der Waals surface area contributed by atoms with Crippen molar-refractivity contribution in [1.82, 2.24) is 4.90 Å². The molecule has 2 aromatic carbocycles. The Bertz CT molecular complexity index is 1050. The summed E-state index contributed by atoms with van der Waals surface area (Å²) in [6.07, 6.45) is 2.46. The van der Waals surface area contributed by atoms with E-state index in [4.69, 9.17) is 38.0 Å². The van der Waals surface area contributed by atoms with Crippen molar-refractivity contribution >= 4 is 51.9 Å². The van der Waals surface area contributed by atoms with Gasteiger partial charge in [-0.3, -0.25) is 9.69 Å². The smallest absolute Gasteiger partial charge is 0.266 e. The molecule has 0 N–H and O–H groups in total. The first-order chi connectivity index (χ1) is 15.3. The second-order valence-electron chi connectivity index (χ2n) is 7.26. The highest BCUT2D eigenvalue weighted by Gasteiger charge is 2.30. The lowest BCUT2D eigenvalue weighted by Gasteiger charge is -2.14. The number of methoxy groups -OCH3 is 1. The fraction of sp³-hybridized carbons (Fsp3) is 0.333. The third-order valence-corrected chi connectivity index (χ3v) is 6.68. The fourth-order valence-corrected chi connectivity index (χ4v) is 4.77. The zero-order valence-electron chi connectivity index (χ0n) is 18.6. The van der Waals surface area contributed by atoms with E-state index < -0.39 is 0 Å². The van der Waals surface area contributed by atoms with Crippen molar-refractivity contribution < 1.29 is 19.0 Å². The predicted octanol–water partition coefficient (Wildman–Crippen LogP) is 6.03. The van der Waals surface area contributed by atoms with Crippen LogP contribution in [0.5, 0.6) is 17.2 Å². The fourth-order valence-electron chi connectivity index (χ4n) is 3.11. The maximum atomic E-state index is 12.4. The Hall–Kier alpha value is -2.22. The molecule has 1 aliphatic rings. The molecule has 170 valence electrons. The van der Waals surface area contributed by atoms with Gasteiger partial charge in [-0.1, -0.05) is 41.6 Å². The highest BCUT2D eigenvalue weighted by atomic mass is 35.5. The molecule has 8 heteroatoms. The molecule has 0 aromatic heterocycles. The number of aryl methyl sites for hydroxylation is 2. The molecular formula is C24H26ClNO4S2. The van der Waals surface area contributed by atoms with Crippen LogP contribution in [-0.2, 0) is 4.79 Å².